The average Bonchev–Trinajstić information content (AvgIpc) is 2.51. The molecule has 0 saturated heterocycles. The van der Waals surface area contributed by atoms with Crippen molar-refractivity contribution in [1.29, 1.82) is 0 Å². The van der Waals surface area contributed by atoms with E-state index in [1.165, 1.54) is 0 Å². The van der Waals surface area contributed by atoms with Crippen molar-refractivity contribution in [3.8, 4) is 0 Å². The normalized spacial score (nSPS) is 11.3. The second-order valence-corrected chi connectivity index (χ2v) is 6.57. The average molecular weight is 329 g/mol. The zero-order valence-electron chi connectivity index (χ0n) is 12.7. The second-order valence-electron chi connectivity index (χ2n) is 4.65. The number of amides is 1. The third kappa shape index (κ3) is 8.73. The highest BCUT2D eigenvalue weighted by Gasteiger charge is 2.10. The molecule has 0 atom stereocenters. The monoisotopic (exact) mass is 329 g/mol. The molecule has 1 aromatic carbocycles. The van der Waals surface area contributed by atoms with Crippen LogP contribution in [0.3, 0.4) is 0 Å². The lowest BCUT2D eigenvalue weighted by Gasteiger charge is -2.08. The van der Waals surface area contributed by atoms with E-state index >= 15 is 0 Å². The second kappa shape index (κ2) is 10.3. The molecule has 0 spiro atoms. The molecule has 8 heteroatoms. The van der Waals surface area contributed by atoms with Gasteiger partial charge in [0, 0.05) is 26.7 Å². The zero-order chi connectivity index (χ0) is 16.3. The van der Waals surface area contributed by atoms with E-state index < -0.39 is 10.0 Å². The molecule has 0 bridgehead atoms. The van der Waals surface area contributed by atoms with Crippen molar-refractivity contribution >= 4 is 15.9 Å². The van der Waals surface area contributed by atoms with Crippen molar-refractivity contribution in [2.24, 2.45) is 0 Å². The zero-order valence-corrected chi connectivity index (χ0v) is 13.5. The van der Waals surface area contributed by atoms with Gasteiger partial charge in [-0.1, -0.05) is 30.3 Å². The molecule has 22 heavy (non-hydrogen) atoms. The van der Waals surface area contributed by atoms with Gasteiger partial charge in [0.2, 0.25) is 15.9 Å². The minimum Gasteiger partial charge on any atom is -0.383 e. The van der Waals surface area contributed by atoms with Gasteiger partial charge in [0.25, 0.3) is 0 Å². The molecule has 0 aliphatic heterocycles. The molecule has 7 nitrogen and oxygen atoms in total. The summed E-state index contributed by atoms with van der Waals surface area (Å²) in [5.41, 5.74) is 0.887. The molecular formula is C14H23N3O4S. The number of rotatable bonds is 11. The smallest absolute Gasteiger partial charge is 0.233 e. The minimum atomic E-state index is -3.41. The third-order valence-electron chi connectivity index (χ3n) is 2.80. The van der Waals surface area contributed by atoms with Gasteiger partial charge >= 0.3 is 0 Å². The Morgan fingerprint density at radius 3 is 2.59 bits per heavy atom. The van der Waals surface area contributed by atoms with E-state index in [1.54, 1.807) is 7.11 Å². The minimum absolute atomic E-state index is 0.0783. The molecule has 0 heterocycles. The van der Waals surface area contributed by atoms with Crippen LogP contribution in [-0.2, 0) is 26.1 Å². The van der Waals surface area contributed by atoms with Crippen molar-refractivity contribution < 1.29 is 17.9 Å². The topological polar surface area (TPSA) is 96.5 Å². The van der Waals surface area contributed by atoms with Crippen molar-refractivity contribution in [2.75, 3.05) is 39.1 Å². The predicted octanol–water partition coefficient (Wildman–Crippen LogP) is -0.542. The number of benzene rings is 1. The number of carbonyl (C=O) groups excluding carboxylic acids is 1. The summed E-state index contributed by atoms with van der Waals surface area (Å²) in [4.78, 5) is 11.4. The summed E-state index contributed by atoms with van der Waals surface area (Å²) in [6.07, 6.45) is 0. The fourth-order valence-electron chi connectivity index (χ4n) is 1.62. The fourth-order valence-corrected chi connectivity index (χ4v) is 2.53. The van der Waals surface area contributed by atoms with Gasteiger partial charge in [-0.2, -0.15) is 0 Å². The Morgan fingerprint density at radius 1 is 1.18 bits per heavy atom. The lowest BCUT2D eigenvalue weighted by atomic mass is 10.2. The van der Waals surface area contributed by atoms with E-state index in [-0.39, 0.29) is 31.3 Å². The predicted molar refractivity (Wildman–Crippen MR) is 84.8 cm³/mol. The summed E-state index contributed by atoms with van der Waals surface area (Å²) >= 11 is 0. The van der Waals surface area contributed by atoms with E-state index in [4.69, 9.17) is 4.74 Å². The number of carbonyl (C=O) groups is 1. The van der Waals surface area contributed by atoms with Gasteiger partial charge in [0.05, 0.1) is 18.9 Å². The maximum atomic E-state index is 11.8. The first-order chi connectivity index (χ1) is 10.5. The largest absolute Gasteiger partial charge is 0.383 e. The van der Waals surface area contributed by atoms with Gasteiger partial charge in [-0.3, -0.25) is 4.79 Å². The van der Waals surface area contributed by atoms with Gasteiger partial charge in [-0.15, -0.1) is 0 Å². The van der Waals surface area contributed by atoms with Crippen molar-refractivity contribution in [3.63, 3.8) is 0 Å². The first kappa shape index (κ1) is 18.6. The highest BCUT2D eigenvalue weighted by molar-refractivity contribution is 7.89. The Labute approximate surface area is 131 Å². The molecule has 124 valence electrons. The summed E-state index contributed by atoms with van der Waals surface area (Å²) < 4.78 is 30.9. The molecule has 0 radical (unpaired) electrons. The van der Waals surface area contributed by atoms with Gasteiger partial charge in [-0.25, -0.2) is 13.1 Å². The van der Waals surface area contributed by atoms with Gasteiger partial charge in [0.15, 0.2) is 0 Å². The molecule has 1 rings (SSSR count). The molecule has 0 aliphatic carbocycles. The van der Waals surface area contributed by atoms with Crippen LogP contribution >= 0.6 is 0 Å². The van der Waals surface area contributed by atoms with Crippen LogP contribution < -0.4 is 15.4 Å². The lowest BCUT2D eigenvalue weighted by molar-refractivity contribution is -0.120. The van der Waals surface area contributed by atoms with E-state index in [0.29, 0.717) is 13.2 Å². The Hall–Kier alpha value is -1.48. The Balaban J connectivity index is 2.18. The van der Waals surface area contributed by atoms with E-state index in [2.05, 4.69) is 15.4 Å². The van der Waals surface area contributed by atoms with E-state index in [9.17, 15) is 13.2 Å². The Kier molecular flexibility index (Phi) is 8.68. The van der Waals surface area contributed by atoms with Crippen LogP contribution in [0, 0.1) is 0 Å². The first-order valence-electron chi connectivity index (χ1n) is 7.01. The third-order valence-corrected chi connectivity index (χ3v) is 4.13. The van der Waals surface area contributed by atoms with Crippen molar-refractivity contribution in [2.45, 2.75) is 6.54 Å². The van der Waals surface area contributed by atoms with Crippen LogP contribution in [0.25, 0.3) is 0 Å². The van der Waals surface area contributed by atoms with E-state index in [1.807, 2.05) is 30.3 Å². The molecular weight excluding hydrogens is 306 g/mol. The summed E-state index contributed by atoms with van der Waals surface area (Å²) in [7, 11) is -1.83. The number of hydrogen-bond acceptors (Lipinski definition) is 5. The van der Waals surface area contributed by atoms with Gasteiger partial charge in [-0.05, 0) is 5.56 Å². The molecule has 1 aromatic rings. The lowest BCUT2D eigenvalue weighted by Crippen LogP contribution is -2.39. The summed E-state index contributed by atoms with van der Waals surface area (Å²) in [5, 5.41) is 5.43. The van der Waals surface area contributed by atoms with Crippen molar-refractivity contribution in [1.82, 2.24) is 15.4 Å². The molecule has 0 saturated carbocycles. The van der Waals surface area contributed by atoms with Crippen LogP contribution in [-0.4, -0.2) is 53.4 Å². The molecule has 0 unspecified atom stereocenters. The standard InChI is InChI=1S/C14H23N3O4S/c1-21-9-7-15-12-14(18)16-8-10-22(19,20)17-11-13-5-3-2-4-6-13/h2-6,15,17H,7-12H2,1H3,(H,16,18). The number of ether oxygens (including phenoxy) is 1. The summed E-state index contributed by atoms with van der Waals surface area (Å²) in [6.45, 7) is 1.55. The quantitative estimate of drug-likeness (QED) is 0.474. The van der Waals surface area contributed by atoms with Crippen LogP contribution in [0.1, 0.15) is 5.56 Å². The number of nitrogens with one attached hydrogen (secondary N) is 3. The molecule has 3 N–H and O–H groups in total. The van der Waals surface area contributed by atoms with Gasteiger partial charge < -0.3 is 15.4 Å². The summed E-state index contributed by atoms with van der Waals surface area (Å²) in [5.74, 6) is -0.390. The number of hydrogen-bond donors (Lipinski definition) is 3. The van der Waals surface area contributed by atoms with Crippen LogP contribution in [0.4, 0.5) is 0 Å². The fraction of sp³-hybridized carbons (Fsp3) is 0.500. The maximum absolute atomic E-state index is 11.8. The Bertz CT molecular complexity index is 534. The molecule has 0 aliphatic rings. The highest BCUT2D eigenvalue weighted by atomic mass is 32.2. The van der Waals surface area contributed by atoms with Crippen molar-refractivity contribution in [3.05, 3.63) is 35.9 Å². The summed E-state index contributed by atoms with van der Waals surface area (Å²) in [6, 6.07) is 9.25. The number of sulfonamides is 1. The van der Waals surface area contributed by atoms with Crippen LogP contribution in [0.2, 0.25) is 0 Å². The molecule has 1 amide bonds. The van der Waals surface area contributed by atoms with Gasteiger partial charge in [0.1, 0.15) is 0 Å². The maximum Gasteiger partial charge on any atom is 0.233 e. The van der Waals surface area contributed by atoms with E-state index in [0.717, 1.165) is 5.56 Å². The van der Waals surface area contributed by atoms with Crippen LogP contribution in [0.15, 0.2) is 30.3 Å². The SMILES string of the molecule is COCCNCC(=O)NCCS(=O)(=O)NCc1ccccc1. The molecule has 0 aromatic heterocycles. The molecule has 0 fully saturated rings. The highest BCUT2D eigenvalue weighted by Crippen LogP contribution is 1.98. The van der Waals surface area contributed by atoms with Crippen LogP contribution in [0.5, 0.6) is 0 Å². The first-order valence-corrected chi connectivity index (χ1v) is 8.66. The number of methoxy groups -OCH3 is 1. The Morgan fingerprint density at radius 2 is 1.91 bits per heavy atom.